The van der Waals surface area contributed by atoms with Gasteiger partial charge in [-0.3, -0.25) is 9.78 Å². The SMILES string of the molecule is Cc1cccnc1Cc1nc2c(cnn2C2CCC(F)CC2)c(=O)[nH]1. The van der Waals surface area contributed by atoms with Crippen LogP contribution in [-0.4, -0.2) is 30.9 Å². The first kappa shape index (κ1) is 15.9. The lowest BCUT2D eigenvalue weighted by atomic mass is 9.94. The Bertz CT molecular complexity index is 955. The van der Waals surface area contributed by atoms with Crippen molar-refractivity contribution in [1.82, 2.24) is 24.7 Å². The second-order valence-electron chi connectivity index (χ2n) is 6.69. The van der Waals surface area contributed by atoms with Crippen LogP contribution in [0.2, 0.25) is 0 Å². The highest BCUT2D eigenvalue weighted by atomic mass is 19.1. The molecule has 0 atom stereocenters. The van der Waals surface area contributed by atoms with Gasteiger partial charge in [0.15, 0.2) is 5.65 Å². The van der Waals surface area contributed by atoms with Crippen LogP contribution in [0.15, 0.2) is 29.3 Å². The van der Waals surface area contributed by atoms with Gasteiger partial charge in [-0.1, -0.05) is 6.07 Å². The molecule has 3 aromatic heterocycles. The maximum Gasteiger partial charge on any atom is 0.262 e. The number of alkyl halides is 1. The van der Waals surface area contributed by atoms with Crippen molar-refractivity contribution in [2.45, 2.75) is 51.2 Å². The Morgan fingerprint density at radius 3 is 2.88 bits per heavy atom. The summed E-state index contributed by atoms with van der Waals surface area (Å²) in [5.74, 6) is 0.570. The van der Waals surface area contributed by atoms with Crippen molar-refractivity contribution >= 4 is 11.0 Å². The van der Waals surface area contributed by atoms with E-state index >= 15 is 0 Å². The van der Waals surface area contributed by atoms with Crippen LogP contribution in [0.1, 0.15) is 48.8 Å². The summed E-state index contributed by atoms with van der Waals surface area (Å²) in [4.78, 5) is 24.2. The molecular formula is C18H20FN5O. The number of H-pyrrole nitrogens is 1. The summed E-state index contributed by atoms with van der Waals surface area (Å²) in [7, 11) is 0. The third kappa shape index (κ3) is 3.06. The van der Waals surface area contributed by atoms with E-state index in [0.29, 0.717) is 36.1 Å². The lowest BCUT2D eigenvalue weighted by Gasteiger charge is -2.24. The van der Waals surface area contributed by atoms with E-state index in [1.165, 1.54) is 0 Å². The molecule has 0 bridgehead atoms. The van der Waals surface area contributed by atoms with Crippen LogP contribution >= 0.6 is 0 Å². The smallest absolute Gasteiger partial charge is 0.262 e. The van der Waals surface area contributed by atoms with Gasteiger partial charge in [-0.05, 0) is 44.2 Å². The molecule has 6 nitrogen and oxygen atoms in total. The Hall–Kier alpha value is -2.57. The highest BCUT2D eigenvalue weighted by molar-refractivity contribution is 5.73. The zero-order valence-corrected chi connectivity index (χ0v) is 14.1. The van der Waals surface area contributed by atoms with Crippen molar-refractivity contribution in [2.75, 3.05) is 0 Å². The van der Waals surface area contributed by atoms with Gasteiger partial charge >= 0.3 is 0 Å². The minimum Gasteiger partial charge on any atom is -0.310 e. The largest absolute Gasteiger partial charge is 0.310 e. The van der Waals surface area contributed by atoms with E-state index in [4.69, 9.17) is 0 Å². The van der Waals surface area contributed by atoms with Crippen LogP contribution in [0.5, 0.6) is 0 Å². The minimum atomic E-state index is -0.725. The highest BCUT2D eigenvalue weighted by Crippen LogP contribution is 2.31. The zero-order valence-electron chi connectivity index (χ0n) is 14.1. The summed E-state index contributed by atoms with van der Waals surface area (Å²) in [6.07, 6.45) is 5.54. The maximum atomic E-state index is 13.4. The van der Waals surface area contributed by atoms with E-state index in [1.54, 1.807) is 17.1 Å². The molecule has 130 valence electrons. The maximum absolute atomic E-state index is 13.4. The molecule has 0 unspecified atom stereocenters. The van der Waals surface area contributed by atoms with Crippen LogP contribution in [0.3, 0.4) is 0 Å². The fourth-order valence-electron chi connectivity index (χ4n) is 3.47. The van der Waals surface area contributed by atoms with Gasteiger partial charge in [-0.15, -0.1) is 0 Å². The third-order valence-electron chi connectivity index (χ3n) is 4.94. The lowest BCUT2D eigenvalue weighted by molar-refractivity contribution is 0.204. The second-order valence-corrected chi connectivity index (χ2v) is 6.69. The Labute approximate surface area is 144 Å². The molecule has 1 fully saturated rings. The number of nitrogens with one attached hydrogen (secondary N) is 1. The monoisotopic (exact) mass is 341 g/mol. The third-order valence-corrected chi connectivity index (χ3v) is 4.94. The van der Waals surface area contributed by atoms with Gasteiger partial charge in [0.05, 0.1) is 17.9 Å². The average Bonchev–Trinajstić information content (AvgIpc) is 3.02. The Balaban J connectivity index is 1.72. The summed E-state index contributed by atoms with van der Waals surface area (Å²) in [6.45, 7) is 1.98. The molecule has 1 aliphatic rings. The van der Waals surface area contributed by atoms with Crippen molar-refractivity contribution < 1.29 is 4.39 Å². The quantitative estimate of drug-likeness (QED) is 0.795. The van der Waals surface area contributed by atoms with E-state index < -0.39 is 6.17 Å². The Morgan fingerprint density at radius 2 is 2.12 bits per heavy atom. The first-order chi connectivity index (χ1) is 12.1. The first-order valence-electron chi connectivity index (χ1n) is 8.63. The summed E-state index contributed by atoms with van der Waals surface area (Å²) in [5, 5.41) is 4.84. The molecule has 0 aromatic carbocycles. The number of hydrogen-bond donors (Lipinski definition) is 1. The summed E-state index contributed by atoms with van der Waals surface area (Å²) >= 11 is 0. The van der Waals surface area contributed by atoms with Gasteiger partial charge in [0.2, 0.25) is 0 Å². The number of aryl methyl sites for hydroxylation is 1. The molecule has 3 heterocycles. The van der Waals surface area contributed by atoms with Gasteiger partial charge in [-0.2, -0.15) is 5.10 Å². The minimum absolute atomic E-state index is 0.100. The molecule has 0 radical (unpaired) electrons. The van der Waals surface area contributed by atoms with Gasteiger partial charge in [0, 0.05) is 12.6 Å². The normalized spacial score (nSPS) is 20.9. The number of rotatable bonds is 3. The topological polar surface area (TPSA) is 76.5 Å². The van der Waals surface area contributed by atoms with Crippen LogP contribution in [0, 0.1) is 6.92 Å². The van der Waals surface area contributed by atoms with Crippen molar-refractivity contribution in [2.24, 2.45) is 0 Å². The fraction of sp³-hybridized carbons (Fsp3) is 0.444. The van der Waals surface area contributed by atoms with Gasteiger partial charge in [0.25, 0.3) is 5.56 Å². The van der Waals surface area contributed by atoms with Crippen LogP contribution < -0.4 is 5.56 Å². The number of pyridine rings is 1. The van der Waals surface area contributed by atoms with Gasteiger partial charge in [0.1, 0.15) is 17.4 Å². The summed E-state index contributed by atoms with van der Waals surface area (Å²) < 4.78 is 15.2. The van der Waals surface area contributed by atoms with Gasteiger partial charge in [-0.25, -0.2) is 14.1 Å². The summed E-state index contributed by atoms with van der Waals surface area (Å²) in [6, 6.07) is 3.97. The molecule has 0 aliphatic heterocycles. The van der Waals surface area contributed by atoms with Crippen molar-refractivity contribution in [3.05, 3.63) is 52.0 Å². The molecular weight excluding hydrogens is 321 g/mol. The number of halogens is 1. The number of fused-ring (bicyclic) bond motifs is 1. The second kappa shape index (κ2) is 6.38. The molecule has 1 aliphatic carbocycles. The van der Waals surface area contributed by atoms with Crippen molar-refractivity contribution in [3.8, 4) is 0 Å². The molecule has 0 saturated heterocycles. The molecule has 1 saturated carbocycles. The standard InChI is InChI=1S/C18H20FN5O/c1-11-3-2-8-20-15(11)9-16-22-17-14(18(25)23-16)10-21-24(17)13-6-4-12(19)5-7-13/h2-3,8,10,12-13H,4-7,9H2,1H3,(H,22,23,25). The Morgan fingerprint density at radius 1 is 1.32 bits per heavy atom. The Kier molecular flexibility index (Phi) is 4.07. The molecule has 25 heavy (non-hydrogen) atoms. The average molecular weight is 341 g/mol. The number of nitrogens with zero attached hydrogens (tertiary/aromatic N) is 4. The van der Waals surface area contributed by atoms with E-state index in [2.05, 4.69) is 20.1 Å². The van der Waals surface area contributed by atoms with Crippen molar-refractivity contribution in [1.29, 1.82) is 0 Å². The van der Waals surface area contributed by atoms with E-state index in [1.807, 2.05) is 19.1 Å². The number of aromatic nitrogens is 5. The first-order valence-corrected chi connectivity index (χ1v) is 8.63. The molecule has 0 amide bonds. The molecule has 0 spiro atoms. The molecule has 7 heteroatoms. The zero-order chi connectivity index (χ0) is 17.4. The number of hydrogen-bond acceptors (Lipinski definition) is 4. The van der Waals surface area contributed by atoms with Crippen LogP contribution in [-0.2, 0) is 6.42 Å². The van der Waals surface area contributed by atoms with Gasteiger partial charge < -0.3 is 4.98 Å². The van der Waals surface area contributed by atoms with E-state index in [0.717, 1.165) is 24.1 Å². The summed E-state index contributed by atoms with van der Waals surface area (Å²) in [5.41, 5.74) is 2.32. The molecule has 3 aromatic rings. The lowest BCUT2D eigenvalue weighted by Crippen LogP contribution is -2.21. The number of aromatic amines is 1. The van der Waals surface area contributed by atoms with E-state index in [-0.39, 0.29) is 11.6 Å². The predicted molar refractivity (Wildman–Crippen MR) is 92.3 cm³/mol. The van der Waals surface area contributed by atoms with E-state index in [9.17, 15) is 9.18 Å². The molecule has 1 N–H and O–H groups in total. The van der Waals surface area contributed by atoms with Crippen LogP contribution in [0.4, 0.5) is 4.39 Å². The van der Waals surface area contributed by atoms with Crippen LogP contribution in [0.25, 0.3) is 11.0 Å². The predicted octanol–water partition coefficient (Wildman–Crippen LogP) is 2.87. The van der Waals surface area contributed by atoms with Crippen molar-refractivity contribution in [3.63, 3.8) is 0 Å². The molecule has 4 rings (SSSR count). The highest BCUT2D eigenvalue weighted by Gasteiger charge is 2.24. The fourth-order valence-corrected chi connectivity index (χ4v) is 3.47.